The molecule has 0 saturated carbocycles. The molecule has 1 aromatic carbocycles. The third-order valence-corrected chi connectivity index (χ3v) is 4.96. The highest BCUT2D eigenvalue weighted by molar-refractivity contribution is 9.11. The summed E-state index contributed by atoms with van der Waals surface area (Å²) in [5, 5.41) is 5.79. The Kier molecular flexibility index (Phi) is 5.05. The van der Waals surface area contributed by atoms with Gasteiger partial charge in [-0.2, -0.15) is 0 Å². The van der Waals surface area contributed by atoms with Gasteiger partial charge in [0.1, 0.15) is 0 Å². The topological polar surface area (TPSA) is 12.0 Å². The Balaban J connectivity index is 2.30. The minimum Gasteiger partial charge on any atom is -0.307 e. The van der Waals surface area contributed by atoms with E-state index < -0.39 is 0 Å². The average Bonchev–Trinajstić information content (AvgIpc) is 2.81. The first kappa shape index (κ1) is 15.7. The summed E-state index contributed by atoms with van der Waals surface area (Å²) in [4.78, 5) is 0. The molecule has 0 radical (unpaired) electrons. The molecule has 1 nitrogen and oxygen atoms in total. The van der Waals surface area contributed by atoms with Crippen molar-refractivity contribution in [2.75, 3.05) is 6.54 Å². The van der Waals surface area contributed by atoms with Crippen LogP contribution in [0.25, 0.3) is 0 Å². The van der Waals surface area contributed by atoms with Crippen LogP contribution >= 0.6 is 27.3 Å². The number of thiophene rings is 1. The second-order valence-electron chi connectivity index (χ2n) is 6.05. The SMILES string of the molecule is CCNC(c1ccc(C(C)(C)C)cc1)c1csc(Br)c1. The van der Waals surface area contributed by atoms with Gasteiger partial charge < -0.3 is 5.32 Å². The maximum atomic E-state index is 3.57. The lowest BCUT2D eigenvalue weighted by Gasteiger charge is -2.22. The van der Waals surface area contributed by atoms with Crippen LogP contribution in [0.15, 0.2) is 39.5 Å². The van der Waals surface area contributed by atoms with E-state index in [1.165, 1.54) is 20.5 Å². The van der Waals surface area contributed by atoms with Gasteiger partial charge in [-0.3, -0.25) is 0 Å². The van der Waals surface area contributed by atoms with Gasteiger partial charge in [-0.25, -0.2) is 0 Å². The molecule has 1 heterocycles. The number of benzene rings is 1. The first-order valence-corrected chi connectivity index (χ1v) is 8.67. The van der Waals surface area contributed by atoms with Crippen LogP contribution in [-0.2, 0) is 5.41 Å². The maximum absolute atomic E-state index is 3.57. The summed E-state index contributed by atoms with van der Waals surface area (Å²) in [7, 11) is 0. The zero-order valence-corrected chi connectivity index (χ0v) is 14.9. The quantitative estimate of drug-likeness (QED) is 0.765. The third kappa shape index (κ3) is 3.72. The minimum absolute atomic E-state index is 0.206. The van der Waals surface area contributed by atoms with Gasteiger partial charge >= 0.3 is 0 Å². The fraction of sp³-hybridized carbons (Fsp3) is 0.412. The molecule has 1 aromatic heterocycles. The van der Waals surface area contributed by atoms with Gasteiger partial charge in [0.25, 0.3) is 0 Å². The molecule has 2 aromatic rings. The highest BCUT2D eigenvalue weighted by Crippen LogP contribution is 2.30. The molecule has 0 spiro atoms. The lowest BCUT2D eigenvalue weighted by Crippen LogP contribution is -2.21. The van der Waals surface area contributed by atoms with Crippen LogP contribution in [-0.4, -0.2) is 6.54 Å². The van der Waals surface area contributed by atoms with Gasteiger partial charge in [-0.15, -0.1) is 11.3 Å². The van der Waals surface area contributed by atoms with Crippen molar-refractivity contribution >= 4 is 27.3 Å². The van der Waals surface area contributed by atoms with E-state index in [0.29, 0.717) is 0 Å². The van der Waals surface area contributed by atoms with Crippen LogP contribution in [0.5, 0.6) is 0 Å². The average molecular weight is 352 g/mol. The zero-order valence-electron chi connectivity index (χ0n) is 12.5. The van der Waals surface area contributed by atoms with Crippen LogP contribution in [0, 0.1) is 0 Å². The first-order valence-electron chi connectivity index (χ1n) is 6.99. The standard InChI is InChI=1S/C17H22BrNS/c1-5-19-16(13-10-15(18)20-11-13)12-6-8-14(9-7-12)17(2,3)4/h6-11,16,19H,5H2,1-4H3. The second-order valence-corrected chi connectivity index (χ2v) is 8.34. The molecule has 3 heteroatoms. The Bertz CT molecular complexity index is 551. The van der Waals surface area contributed by atoms with Crippen molar-refractivity contribution in [3.63, 3.8) is 0 Å². The Labute approximate surface area is 134 Å². The smallest absolute Gasteiger partial charge is 0.0701 e. The van der Waals surface area contributed by atoms with Crippen LogP contribution in [0.1, 0.15) is 50.4 Å². The normalized spacial score (nSPS) is 13.4. The summed E-state index contributed by atoms with van der Waals surface area (Å²) in [6.07, 6.45) is 0. The number of halogens is 1. The molecule has 2 rings (SSSR count). The minimum atomic E-state index is 0.206. The lowest BCUT2D eigenvalue weighted by atomic mass is 9.86. The molecular weight excluding hydrogens is 330 g/mol. The molecule has 0 aliphatic rings. The van der Waals surface area contributed by atoms with Crippen molar-refractivity contribution < 1.29 is 0 Å². The van der Waals surface area contributed by atoms with Crippen molar-refractivity contribution in [1.82, 2.24) is 5.32 Å². The summed E-state index contributed by atoms with van der Waals surface area (Å²) in [5.41, 5.74) is 4.23. The third-order valence-electron chi connectivity index (χ3n) is 3.44. The second kappa shape index (κ2) is 6.42. The first-order chi connectivity index (χ1) is 9.41. The number of hydrogen-bond donors (Lipinski definition) is 1. The summed E-state index contributed by atoms with van der Waals surface area (Å²) < 4.78 is 1.18. The number of nitrogens with one attached hydrogen (secondary N) is 1. The zero-order chi connectivity index (χ0) is 14.8. The molecular formula is C17H22BrNS. The Morgan fingerprint density at radius 2 is 1.80 bits per heavy atom. The van der Waals surface area contributed by atoms with Crippen molar-refractivity contribution in [3.05, 3.63) is 56.2 Å². The van der Waals surface area contributed by atoms with Crippen LogP contribution in [0.3, 0.4) is 0 Å². The van der Waals surface area contributed by atoms with E-state index in [1.54, 1.807) is 11.3 Å². The molecule has 0 fully saturated rings. The molecule has 1 N–H and O–H groups in total. The molecule has 0 aliphatic carbocycles. The molecule has 0 saturated heterocycles. The van der Waals surface area contributed by atoms with Gasteiger partial charge in [0.15, 0.2) is 0 Å². The summed E-state index contributed by atoms with van der Waals surface area (Å²) in [6, 6.07) is 11.5. The summed E-state index contributed by atoms with van der Waals surface area (Å²) in [5.74, 6) is 0. The van der Waals surface area contributed by atoms with Crippen molar-refractivity contribution in [2.45, 2.75) is 39.2 Å². The van der Waals surface area contributed by atoms with Crippen molar-refractivity contribution in [1.29, 1.82) is 0 Å². The van der Waals surface area contributed by atoms with Gasteiger partial charge in [0.2, 0.25) is 0 Å². The van der Waals surface area contributed by atoms with Crippen molar-refractivity contribution in [3.8, 4) is 0 Å². The van der Waals surface area contributed by atoms with E-state index in [1.807, 2.05) is 0 Å². The van der Waals surface area contributed by atoms with Crippen LogP contribution < -0.4 is 5.32 Å². The Morgan fingerprint density at radius 3 is 2.25 bits per heavy atom. The lowest BCUT2D eigenvalue weighted by molar-refractivity contribution is 0.587. The highest BCUT2D eigenvalue weighted by Gasteiger charge is 2.17. The summed E-state index contributed by atoms with van der Waals surface area (Å²) >= 11 is 5.29. The highest BCUT2D eigenvalue weighted by atomic mass is 79.9. The molecule has 20 heavy (non-hydrogen) atoms. The molecule has 0 aliphatic heterocycles. The predicted molar refractivity (Wildman–Crippen MR) is 92.7 cm³/mol. The largest absolute Gasteiger partial charge is 0.307 e. The van der Waals surface area contributed by atoms with E-state index in [0.717, 1.165) is 6.54 Å². The Morgan fingerprint density at radius 1 is 1.15 bits per heavy atom. The van der Waals surface area contributed by atoms with E-state index in [4.69, 9.17) is 0 Å². The monoisotopic (exact) mass is 351 g/mol. The number of hydrogen-bond acceptors (Lipinski definition) is 2. The van der Waals surface area contributed by atoms with E-state index in [2.05, 4.69) is 84.7 Å². The molecule has 0 bridgehead atoms. The predicted octanol–water partition coefficient (Wildman–Crippen LogP) is 5.51. The van der Waals surface area contributed by atoms with Crippen LogP contribution in [0.4, 0.5) is 0 Å². The fourth-order valence-corrected chi connectivity index (χ4v) is 3.48. The van der Waals surface area contributed by atoms with E-state index in [9.17, 15) is 0 Å². The summed E-state index contributed by atoms with van der Waals surface area (Å²) in [6.45, 7) is 9.86. The fourth-order valence-electron chi connectivity index (χ4n) is 2.28. The Hall–Kier alpha value is -0.640. The van der Waals surface area contributed by atoms with Crippen molar-refractivity contribution in [2.24, 2.45) is 0 Å². The van der Waals surface area contributed by atoms with E-state index in [-0.39, 0.29) is 11.5 Å². The van der Waals surface area contributed by atoms with Crippen LogP contribution in [0.2, 0.25) is 0 Å². The van der Waals surface area contributed by atoms with Gasteiger partial charge in [-0.1, -0.05) is 52.0 Å². The molecule has 1 atom stereocenters. The maximum Gasteiger partial charge on any atom is 0.0701 e. The molecule has 0 amide bonds. The molecule has 1 unspecified atom stereocenters. The molecule has 108 valence electrons. The van der Waals surface area contributed by atoms with Gasteiger partial charge in [0, 0.05) is 0 Å². The van der Waals surface area contributed by atoms with E-state index >= 15 is 0 Å². The van der Waals surface area contributed by atoms with Gasteiger partial charge in [0.05, 0.1) is 9.83 Å². The number of rotatable bonds is 4. The van der Waals surface area contributed by atoms with Gasteiger partial charge in [-0.05, 0) is 56.0 Å².